The first-order valence-corrected chi connectivity index (χ1v) is 9.86. The van der Waals surface area contributed by atoms with Crippen LogP contribution >= 0.6 is 11.8 Å². The number of nitrogens with one attached hydrogen (secondary N) is 1. The number of aromatic amines is 1. The van der Waals surface area contributed by atoms with E-state index in [9.17, 15) is 4.79 Å². The second-order valence-electron chi connectivity index (χ2n) is 6.33. The third kappa shape index (κ3) is 4.78. The molecular formula is C21H21N5OS. The molecule has 3 aromatic rings. The number of anilines is 1. The molecule has 6 nitrogen and oxygen atoms in total. The summed E-state index contributed by atoms with van der Waals surface area (Å²) in [5.74, 6) is 0.597. The highest BCUT2D eigenvalue weighted by atomic mass is 32.2. The number of nitrogens with zero attached hydrogens (tertiary/aromatic N) is 4. The monoisotopic (exact) mass is 391 g/mol. The van der Waals surface area contributed by atoms with Crippen molar-refractivity contribution < 1.29 is 4.79 Å². The van der Waals surface area contributed by atoms with Crippen LogP contribution in [0.4, 0.5) is 5.69 Å². The Balaban J connectivity index is 1.72. The van der Waals surface area contributed by atoms with Crippen LogP contribution in [-0.2, 0) is 4.79 Å². The quantitative estimate of drug-likeness (QED) is 0.610. The number of carbonyl (C=O) groups is 1. The Morgan fingerprint density at radius 3 is 2.61 bits per heavy atom. The largest absolute Gasteiger partial charge is 0.310 e. The van der Waals surface area contributed by atoms with Gasteiger partial charge in [0.15, 0.2) is 5.82 Å². The van der Waals surface area contributed by atoms with E-state index in [-0.39, 0.29) is 17.6 Å². The van der Waals surface area contributed by atoms with Gasteiger partial charge in [-0.3, -0.25) is 9.89 Å². The van der Waals surface area contributed by atoms with Gasteiger partial charge in [-0.2, -0.15) is 5.26 Å². The van der Waals surface area contributed by atoms with E-state index in [0.717, 1.165) is 11.3 Å². The first-order valence-electron chi connectivity index (χ1n) is 8.98. The van der Waals surface area contributed by atoms with E-state index in [1.165, 1.54) is 17.3 Å². The summed E-state index contributed by atoms with van der Waals surface area (Å²) in [6.45, 7) is 4.22. The number of carbonyl (C=O) groups excluding carboxylic acids is 1. The van der Waals surface area contributed by atoms with E-state index >= 15 is 0 Å². The van der Waals surface area contributed by atoms with E-state index in [4.69, 9.17) is 5.26 Å². The van der Waals surface area contributed by atoms with Crippen molar-refractivity contribution in [2.75, 3.05) is 11.4 Å². The highest BCUT2D eigenvalue weighted by molar-refractivity contribution is 8.00. The van der Waals surface area contributed by atoms with Gasteiger partial charge in [0.25, 0.3) is 0 Å². The van der Waals surface area contributed by atoms with Crippen molar-refractivity contribution in [3.8, 4) is 17.5 Å². The molecule has 1 N–H and O–H groups in total. The van der Waals surface area contributed by atoms with Crippen LogP contribution in [0.3, 0.4) is 0 Å². The van der Waals surface area contributed by atoms with Gasteiger partial charge in [0.2, 0.25) is 11.1 Å². The fourth-order valence-electron chi connectivity index (χ4n) is 2.70. The lowest BCUT2D eigenvalue weighted by Gasteiger charge is -2.24. The maximum Gasteiger partial charge on any atom is 0.240 e. The van der Waals surface area contributed by atoms with Gasteiger partial charge in [0, 0.05) is 17.8 Å². The summed E-state index contributed by atoms with van der Waals surface area (Å²) in [4.78, 5) is 19.1. The molecule has 0 aliphatic carbocycles. The first kappa shape index (κ1) is 19.6. The second-order valence-corrected chi connectivity index (χ2v) is 7.63. The topological polar surface area (TPSA) is 85.7 Å². The first-order chi connectivity index (χ1) is 13.6. The molecule has 1 heterocycles. The van der Waals surface area contributed by atoms with Gasteiger partial charge in [0.05, 0.1) is 17.7 Å². The lowest BCUT2D eigenvalue weighted by Crippen LogP contribution is -2.37. The van der Waals surface area contributed by atoms with Crippen LogP contribution in [-0.4, -0.2) is 32.9 Å². The summed E-state index contributed by atoms with van der Waals surface area (Å²) in [5, 5.41) is 16.2. The lowest BCUT2D eigenvalue weighted by molar-refractivity contribution is -0.117. The van der Waals surface area contributed by atoms with Gasteiger partial charge in [-0.1, -0.05) is 59.8 Å². The van der Waals surface area contributed by atoms with Crippen LogP contribution in [0.15, 0.2) is 59.8 Å². The van der Waals surface area contributed by atoms with Crippen molar-refractivity contribution in [1.82, 2.24) is 15.2 Å². The third-order valence-corrected chi connectivity index (χ3v) is 5.15. The van der Waals surface area contributed by atoms with Crippen molar-refractivity contribution in [2.24, 2.45) is 0 Å². The molecule has 1 amide bonds. The summed E-state index contributed by atoms with van der Waals surface area (Å²) in [7, 11) is 0. The fourth-order valence-corrected chi connectivity index (χ4v) is 3.49. The summed E-state index contributed by atoms with van der Waals surface area (Å²) in [6.07, 6.45) is 0.274. The Hall–Kier alpha value is -3.11. The number of nitriles is 1. The maximum absolute atomic E-state index is 13.0. The van der Waals surface area contributed by atoms with Gasteiger partial charge in [-0.15, -0.1) is 5.10 Å². The highest BCUT2D eigenvalue weighted by Gasteiger charge is 2.24. The van der Waals surface area contributed by atoms with Crippen molar-refractivity contribution in [1.29, 1.82) is 5.26 Å². The predicted molar refractivity (Wildman–Crippen MR) is 111 cm³/mol. The zero-order valence-electron chi connectivity index (χ0n) is 15.8. The normalized spacial score (nSPS) is 11.6. The fraction of sp³-hybridized carbons (Fsp3) is 0.238. The Labute approximate surface area is 168 Å². The van der Waals surface area contributed by atoms with E-state index in [0.29, 0.717) is 17.5 Å². The molecule has 0 bridgehead atoms. The van der Waals surface area contributed by atoms with Crippen LogP contribution in [0.5, 0.6) is 0 Å². The SMILES string of the molecule is Cc1ccc(-c2nc(S[C@H](C)C(=O)N(CCC#N)c3ccccc3)n[nH]2)cc1. The zero-order chi connectivity index (χ0) is 19.9. The Morgan fingerprint density at radius 2 is 1.93 bits per heavy atom. The number of aromatic nitrogens is 3. The van der Waals surface area contributed by atoms with Crippen molar-refractivity contribution in [3.63, 3.8) is 0 Å². The molecule has 0 aliphatic heterocycles. The maximum atomic E-state index is 13.0. The third-order valence-electron chi connectivity index (χ3n) is 4.20. The minimum absolute atomic E-state index is 0.0758. The van der Waals surface area contributed by atoms with Crippen LogP contribution in [0.2, 0.25) is 0 Å². The number of hydrogen-bond acceptors (Lipinski definition) is 5. The molecule has 3 rings (SSSR count). The van der Waals surface area contributed by atoms with E-state index in [1.54, 1.807) is 4.90 Å². The van der Waals surface area contributed by atoms with Crippen LogP contribution in [0, 0.1) is 18.3 Å². The molecule has 0 saturated carbocycles. The summed E-state index contributed by atoms with van der Waals surface area (Å²) in [6, 6.07) is 19.5. The average molecular weight is 392 g/mol. The predicted octanol–water partition coefficient (Wildman–Crippen LogP) is 4.21. The number of H-pyrrole nitrogens is 1. The Kier molecular flexibility index (Phi) is 6.45. The molecule has 7 heteroatoms. The molecule has 0 saturated heterocycles. The van der Waals surface area contributed by atoms with Crippen LogP contribution < -0.4 is 4.90 Å². The number of hydrogen-bond donors (Lipinski definition) is 1. The molecular weight excluding hydrogens is 370 g/mol. The summed E-state index contributed by atoms with van der Waals surface area (Å²) < 4.78 is 0. The molecule has 0 spiro atoms. The van der Waals surface area contributed by atoms with Gasteiger partial charge >= 0.3 is 0 Å². The molecule has 142 valence electrons. The minimum atomic E-state index is -0.388. The molecule has 28 heavy (non-hydrogen) atoms. The summed E-state index contributed by atoms with van der Waals surface area (Å²) >= 11 is 1.30. The van der Waals surface area contributed by atoms with Crippen molar-refractivity contribution in [3.05, 3.63) is 60.2 Å². The minimum Gasteiger partial charge on any atom is -0.310 e. The van der Waals surface area contributed by atoms with E-state index in [1.807, 2.05) is 68.4 Å². The molecule has 0 radical (unpaired) electrons. The van der Waals surface area contributed by atoms with Crippen LogP contribution in [0.1, 0.15) is 18.9 Å². The van der Waals surface area contributed by atoms with Crippen molar-refractivity contribution in [2.45, 2.75) is 30.7 Å². The number of thioether (sulfide) groups is 1. The number of aryl methyl sites for hydroxylation is 1. The Morgan fingerprint density at radius 1 is 1.21 bits per heavy atom. The molecule has 2 aromatic carbocycles. The molecule has 0 unspecified atom stereocenters. The molecule has 1 atom stereocenters. The van der Waals surface area contributed by atoms with E-state index in [2.05, 4.69) is 21.3 Å². The molecule has 0 fully saturated rings. The summed E-state index contributed by atoms with van der Waals surface area (Å²) in [5.41, 5.74) is 2.91. The van der Waals surface area contributed by atoms with E-state index < -0.39 is 0 Å². The highest BCUT2D eigenvalue weighted by Crippen LogP contribution is 2.26. The van der Waals surface area contributed by atoms with Crippen LogP contribution in [0.25, 0.3) is 11.4 Å². The standard InChI is InChI=1S/C21H21N5OS/c1-15-9-11-17(12-10-15)19-23-21(25-24-19)28-16(2)20(27)26(14-6-13-22)18-7-4-3-5-8-18/h3-5,7-12,16H,6,14H2,1-2H3,(H,23,24,25)/t16-/m1/s1. The second kappa shape index (κ2) is 9.20. The number of amides is 1. The number of benzene rings is 2. The van der Waals surface area contributed by atoms with Gasteiger partial charge in [-0.25, -0.2) is 4.98 Å². The average Bonchev–Trinajstić information content (AvgIpc) is 3.18. The number of rotatable bonds is 7. The van der Waals surface area contributed by atoms with Gasteiger partial charge in [0.1, 0.15) is 0 Å². The van der Waals surface area contributed by atoms with Crippen molar-refractivity contribution >= 4 is 23.4 Å². The van der Waals surface area contributed by atoms with Gasteiger partial charge < -0.3 is 4.90 Å². The number of para-hydroxylation sites is 1. The lowest BCUT2D eigenvalue weighted by atomic mass is 10.1. The smallest absolute Gasteiger partial charge is 0.240 e. The Bertz CT molecular complexity index is 962. The molecule has 1 aromatic heterocycles. The zero-order valence-corrected chi connectivity index (χ0v) is 16.6. The molecule has 0 aliphatic rings. The van der Waals surface area contributed by atoms with Gasteiger partial charge in [-0.05, 0) is 26.0 Å².